The summed E-state index contributed by atoms with van der Waals surface area (Å²) in [5.74, 6) is 0.664. The predicted molar refractivity (Wildman–Crippen MR) is 91.0 cm³/mol. The van der Waals surface area contributed by atoms with E-state index >= 15 is 0 Å². The Labute approximate surface area is 148 Å². The third-order valence-corrected chi connectivity index (χ3v) is 3.82. The molecule has 1 aromatic rings. The fourth-order valence-electron chi connectivity index (χ4n) is 2.03. The number of carbonyl (C=O) groups is 2. The molecule has 0 fully saturated rings. The predicted octanol–water partition coefficient (Wildman–Crippen LogP) is 0.894. The van der Waals surface area contributed by atoms with Crippen molar-refractivity contribution >= 4 is 40.2 Å². The van der Waals surface area contributed by atoms with E-state index in [4.69, 9.17) is 15.2 Å². The van der Waals surface area contributed by atoms with Crippen molar-refractivity contribution in [3.05, 3.63) is 22.2 Å². The Bertz CT molecular complexity index is 585. The highest BCUT2D eigenvalue weighted by atomic mass is 79.9. The molecule has 0 aromatic heterocycles. The summed E-state index contributed by atoms with van der Waals surface area (Å²) in [6.45, 7) is 2.61. The number of ether oxygens (including phenoxy) is 2. The van der Waals surface area contributed by atoms with Crippen LogP contribution in [-0.2, 0) is 9.59 Å². The van der Waals surface area contributed by atoms with Crippen LogP contribution in [0, 0.1) is 0 Å². The van der Waals surface area contributed by atoms with Crippen molar-refractivity contribution in [2.45, 2.75) is 13.0 Å². The zero-order valence-electron chi connectivity index (χ0n) is 12.6. The Balaban J connectivity index is 0.00000264. The van der Waals surface area contributed by atoms with Crippen LogP contribution in [0.3, 0.4) is 0 Å². The van der Waals surface area contributed by atoms with Gasteiger partial charge < -0.3 is 25.8 Å². The molecule has 1 heterocycles. The highest BCUT2D eigenvalue weighted by molar-refractivity contribution is 9.10. The molecule has 0 spiro atoms. The average molecular weight is 409 g/mol. The van der Waals surface area contributed by atoms with Gasteiger partial charge in [0.25, 0.3) is 0 Å². The maximum Gasteiger partial charge on any atom is 0.239 e. The minimum absolute atomic E-state index is 0. The second-order valence-electron chi connectivity index (χ2n) is 4.79. The van der Waals surface area contributed by atoms with Gasteiger partial charge >= 0.3 is 0 Å². The van der Waals surface area contributed by atoms with Crippen LogP contribution in [0.1, 0.15) is 18.5 Å². The number of hydrogen-bond acceptors (Lipinski definition) is 5. The van der Waals surface area contributed by atoms with Crippen LogP contribution in [0.4, 0.5) is 0 Å². The van der Waals surface area contributed by atoms with Crippen LogP contribution in [-0.4, -0.2) is 38.1 Å². The lowest BCUT2D eigenvalue weighted by atomic mass is 10.1. The number of carbonyl (C=O) groups excluding carboxylic acids is 2. The molecule has 1 aliphatic rings. The molecular weight excluding hydrogens is 390 g/mol. The van der Waals surface area contributed by atoms with Gasteiger partial charge in [-0.3, -0.25) is 9.59 Å². The molecule has 1 aliphatic heterocycles. The number of rotatable bonds is 5. The van der Waals surface area contributed by atoms with E-state index < -0.39 is 0 Å². The Kier molecular flexibility index (Phi) is 7.60. The van der Waals surface area contributed by atoms with Gasteiger partial charge in [-0.05, 0) is 24.6 Å². The highest BCUT2D eigenvalue weighted by Gasteiger charge is 2.19. The summed E-state index contributed by atoms with van der Waals surface area (Å²) < 4.78 is 11.8. The summed E-state index contributed by atoms with van der Waals surface area (Å²) in [4.78, 5) is 22.8. The Morgan fingerprint density at radius 2 is 1.87 bits per heavy atom. The lowest BCUT2D eigenvalue weighted by molar-refractivity contribution is -0.125. The number of benzene rings is 1. The molecule has 7 nitrogen and oxygen atoms in total. The van der Waals surface area contributed by atoms with Crippen molar-refractivity contribution in [1.82, 2.24) is 10.6 Å². The van der Waals surface area contributed by atoms with Gasteiger partial charge in [-0.1, -0.05) is 15.9 Å². The fraction of sp³-hybridized carbons (Fsp3) is 0.429. The van der Waals surface area contributed by atoms with Crippen molar-refractivity contribution in [2.75, 3.05) is 26.3 Å². The second kappa shape index (κ2) is 8.95. The fourth-order valence-corrected chi connectivity index (χ4v) is 2.70. The van der Waals surface area contributed by atoms with Gasteiger partial charge in [-0.15, -0.1) is 12.4 Å². The van der Waals surface area contributed by atoms with E-state index in [0.717, 1.165) is 10.0 Å². The molecule has 0 saturated carbocycles. The SMILES string of the molecule is CC(NC(=O)CNC(=O)CN)c1cc2c(cc1Br)OCCO2.Cl. The quantitative estimate of drug-likeness (QED) is 0.671. The van der Waals surface area contributed by atoms with E-state index in [1.165, 1.54) is 0 Å². The van der Waals surface area contributed by atoms with Crippen LogP contribution >= 0.6 is 28.3 Å². The number of halogens is 2. The lowest BCUT2D eigenvalue weighted by Crippen LogP contribution is -2.40. The zero-order chi connectivity index (χ0) is 16.1. The molecule has 1 unspecified atom stereocenters. The molecule has 0 saturated heterocycles. The summed E-state index contributed by atoms with van der Waals surface area (Å²) in [5, 5.41) is 5.22. The number of fused-ring (bicyclic) bond motifs is 1. The molecule has 128 valence electrons. The first-order valence-electron chi connectivity index (χ1n) is 6.86. The largest absolute Gasteiger partial charge is 0.486 e. The van der Waals surface area contributed by atoms with Crippen LogP contribution in [0.5, 0.6) is 11.5 Å². The molecule has 2 amide bonds. The third-order valence-electron chi connectivity index (χ3n) is 3.14. The molecule has 0 aliphatic carbocycles. The Morgan fingerprint density at radius 1 is 1.26 bits per heavy atom. The first-order chi connectivity index (χ1) is 10.5. The van der Waals surface area contributed by atoms with E-state index in [9.17, 15) is 9.59 Å². The van der Waals surface area contributed by atoms with E-state index in [0.29, 0.717) is 24.7 Å². The summed E-state index contributed by atoms with van der Waals surface area (Å²) >= 11 is 3.47. The molecule has 4 N–H and O–H groups in total. The van der Waals surface area contributed by atoms with Gasteiger partial charge in [0.2, 0.25) is 11.8 Å². The second-order valence-corrected chi connectivity index (χ2v) is 5.64. The molecule has 0 bridgehead atoms. The number of nitrogens with two attached hydrogens (primary N) is 1. The normalized spacial score (nSPS) is 13.5. The minimum Gasteiger partial charge on any atom is -0.486 e. The van der Waals surface area contributed by atoms with Crippen molar-refractivity contribution < 1.29 is 19.1 Å². The molecular formula is C14H19BrClN3O4. The van der Waals surface area contributed by atoms with Gasteiger partial charge in [0.05, 0.1) is 19.1 Å². The van der Waals surface area contributed by atoms with Crippen molar-refractivity contribution in [2.24, 2.45) is 5.73 Å². The van der Waals surface area contributed by atoms with Crippen molar-refractivity contribution in [3.8, 4) is 11.5 Å². The molecule has 0 radical (unpaired) electrons. The van der Waals surface area contributed by atoms with Gasteiger partial charge in [0.15, 0.2) is 11.5 Å². The average Bonchev–Trinajstić information content (AvgIpc) is 2.51. The first kappa shape index (κ1) is 19.5. The number of amides is 2. The van der Waals surface area contributed by atoms with Gasteiger partial charge in [-0.25, -0.2) is 0 Å². The van der Waals surface area contributed by atoms with E-state index in [1.807, 2.05) is 19.1 Å². The summed E-state index contributed by atoms with van der Waals surface area (Å²) in [5.41, 5.74) is 6.02. The highest BCUT2D eigenvalue weighted by Crippen LogP contribution is 2.37. The number of hydrogen-bond donors (Lipinski definition) is 3. The smallest absolute Gasteiger partial charge is 0.239 e. The van der Waals surface area contributed by atoms with Crippen LogP contribution in [0.25, 0.3) is 0 Å². The van der Waals surface area contributed by atoms with Crippen molar-refractivity contribution in [3.63, 3.8) is 0 Å². The standard InChI is InChI=1S/C14H18BrN3O4.ClH/c1-8(18-14(20)7-17-13(19)6-16)9-4-11-12(5-10(9)15)22-3-2-21-11;/h4-5,8H,2-3,6-7,16H2,1H3,(H,17,19)(H,18,20);1H. The van der Waals surface area contributed by atoms with Crippen LogP contribution in [0.2, 0.25) is 0 Å². The molecule has 9 heteroatoms. The van der Waals surface area contributed by atoms with Gasteiger partial charge in [-0.2, -0.15) is 0 Å². The summed E-state index contributed by atoms with van der Waals surface area (Å²) in [7, 11) is 0. The number of nitrogens with one attached hydrogen (secondary N) is 2. The maximum absolute atomic E-state index is 11.8. The third kappa shape index (κ3) is 5.26. The van der Waals surface area contributed by atoms with Gasteiger partial charge in [0.1, 0.15) is 13.2 Å². The monoisotopic (exact) mass is 407 g/mol. The topological polar surface area (TPSA) is 103 Å². The minimum atomic E-state index is -0.372. The Hall–Kier alpha value is -1.51. The van der Waals surface area contributed by atoms with Crippen LogP contribution < -0.4 is 25.8 Å². The van der Waals surface area contributed by atoms with Crippen LogP contribution in [0.15, 0.2) is 16.6 Å². The molecule has 2 rings (SSSR count). The molecule has 1 aromatic carbocycles. The van der Waals surface area contributed by atoms with Gasteiger partial charge in [0, 0.05) is 4.47 Å². The molecule has 23 heavy (non-hydrogen) atoms. The van der Waals surface area contributed by atoms with Crippen molar-refractivity contribution in [1.29, 1.82) is 0 Å². The van der Waals surface area contributed by atoms with E-state index in [-0.39, 0.29) is 43.4 Å². The zero-order valence-corrected chi connectivity index (χ0v) is 15.0. The Morgan fingerprint density at radius 3 is 2.48 bits per heavy atom. The summed E-state index contributed by atoms with van der Waals surface area (Å²) in [6.07, 6.45) is 0. The van der Waals surface area contributed by atoms with E-state index in [1.54, 1.807) is 0 Å². The van der Waals surface area contributed by atoms with E-state index in [2.05, 4.69) is 26.6 Å². The molecule has 1 atom stereocenters. The maximum atomic E-state index is 11.8. The summed E-state index contributed by atoms with van der Waals surface area (Å²) in [6, 6.07) is 3.40. The first-order valence-corrected chi connectivity index (χ1v) is 7.65. The lowest BCUT2D eigenvalue weighted by Gasteiger charge is -2.22.